The first kappa shape index (κ1) is 12.2. The highest BCUT2D eigenvalue weighted by Gasteiger charge is 2.14. The summed E-state index contributed by atoms with van der Waals surface area (Å²) in [6.07, 6.45) is 0. The number of pyridine rings is 1. The monoisotopic (exact) mass is 288 g/mol. The zero-order valence-electron chi connectivity index (χ0n) is 8.57. The summed E-state index contributed by atoms with van der Waals surface area (Å²) >= 11 is 12.6. The lowest BCUT2D eigenvalue weighted by atomic mass is 10.3. The van der Waals surface area contributed by atoms with Crippen molar-refractivity contribution in [1.82, 2.24) is 14.3 Å². The van der Waals surface area contributed by atoms with Crippen molar-refractivity contribution in [3.63, 3.8) is 0 Å². The van der Waals surface area contributed by atoms with E-state index in [1.165, 1.54) is 12.1 Å². The first-order chi connectivity index (χ1) is 8.06. The average molecular weight is 289 g/mol. The van der Waals surface area contributed by atoms with E-state index in [4.69, 9.17) is 23.2 Å². The van der Waals surface area contributed by atoms with Gasteiger partial charge in [0.15, 0.2) is 0 Å². The fourth-order valence-corrected chi connectivity index (χ4v) is 1.99. The number of carbonyl (C=O) groups excluding carboxylic acids is 1. The molecule has 2 aromatic rings. The van der Waals surface area contributed by atoms with Crippen molar-refractivity contribution in [2.45, 2.75) is 6.92 Å². The molecule has 0 aliphatic heterocycles. The molecule has 1 amide bonds. The zero-order valence-corrected chi connectivity index (χ0v) is 10.9. The van der Waals surface area contributed by atoms with Gasteiger partial charge in [0.25, 0.3) is 5.91 Å². The maximum atomic E-state index is 11.8. The van der Waals surface area contributed by atoms with Crippen molar-refractivity contribution < 1.29 is 4.79 Å². The van der Waals surface area contributed by atoms with Crippen LogP contribution in [0.1, 0.15) is 16.3 Å². The van der Waals surface area contributed by atoms with Crippen molar-refractivity contribution in [2.24, 2.45) is 0 Å². The summed E-state index contributed by atoms with van der Waals surface area (Å²) in [6.45, 7) is 1.73. The molecule has 0 aromatic carbocycles. The summed E-state index contributed by atoms with van der Waals surface area (Å²) < 4.78 is 3.94. The normalized spacial score (nSPS) is 10.3. The Hall–Kier alpha value is -1.24. The fraction of sp³-hybridized carbons (Fsp3) is 0.111. The molecule has 2 heterocycles. The Balaban J connectivity index is 2.22. The number of anilines is 1. The summed E-state index contributed by atoms with van der Waals surface area (Å²) in [5, 5.41) is 3.37. The van der Waals surface area contributed by atoms with Gasteiger partial charge in [0.1, 0.15) is 16.7 Å². The van der Waals surface area contributed by atoms with Crippen molar-refractivity contribution in [3.05, 3.63) is 33.8 Å². The third kappa shape index (κ3) is 2.91. The number of hydrogen-bond acceptors (Lipinski definition) is 5. The quantitative estimate of drug-likeness (QED) is 0.863. The Morgan fingerprint density at radius 1 is 1.35 bits per heavy atom. The van der Waals surface area contributed by atoms with Crippen LogP contribution in [0.4, 0.5) is 5.13 Å². The van der Waals surface area contributed by atoms with E-state index in [0.29, 0.717) is 11.0 Å². The van der Waals surface area contributed by atoms with Crippen LogP contribution < -0.4 is 5.32 Å². The number of aromatic nitrogens is 3. The predicted molar refractivity (Wildman–Crippen MR) is 66.9 cm³/mol. The summed E-state index contributed by atoms with van der Waals surface area (Å²) in [4.78, 5) is 19.7. The van der Waals surface area contributed by atoms with Crippen LogP contribution in [0.25, 0.3) is 0 Å². The van der Waals surface area contributed by atoms with E-state index in [0.717, 1.165) is 11.5 Å². The van der Waals surface area contributed by atoms with Crippen molar-refractivity contribution in [3.8, 4) is 0 Å². The van der Waals surface area contributed by atoms with Crippen LogP contribution >= 0.6 is 34.7 Å². The van der Waals surface area contributed by atoms with Gasteiger partial charge in [-0.2, -0.15) is 4.37 Å². The number of hydrogen-bond donors (Lipinski definition) is 1. The lowest BCUT2D eigenvalue weighted by Crippen LogP contribution is -2.14. The molecule has 88 valence electrons. The number of rotatable bonds is 2. The van der Waals surface area contributed by atoms with Crippen molar-refractivity contribution in [1.29, 1.82) is 0 Å². The van der Waals surface area contributed by atoms with Gasteiger partial charge in [-0.25, -0.2) is 9.97 Å². The molecule has 1 N–H and O–H groups in total. The minimum Gasteiger partial charge on any atom is -0.295 e. The predicted octanol–water partition coefficient (Wildman–Crippen LogP) is 2.80. The fourth-order valence-electron chi connectivity index (χ4n) is 1.08. The molecule has 0 spiro atoms. The number of carbonyl (C=O) groups is 1. The van der Waals surface area contributed by atoms with Gasteiger partial charge in [-0.15, -0.1) is 0 Å². The largest absolute Gasteiger partial charge is 0.295 e. The molecular formula is C9H6Cl2N4OS. The molecule has 5 nitrogen and oxygen atoms in total. The van der Waals surface area contributed by atoms with E-state index in [2.05, 4.69) is 19.7 Å². The van der Waals surface area contributed by atoms with Gasteiger partial charge < -0.3 is 0 Å². The van der Waals surface area contributed by atoms with Crippen LogP contribution in [0.15, 0.2) is 12.1 Å². The van der Waals surface area contributed by atoms with Gasteiger partial charge in [0.05, 0.1) is 5.02 Å². The van der Waals surface area contributed by atoms with Gasteiger partial charge in [-0.3, -0.25) is 10.1 Å². The maximum Gasteiger partial charge on any atom is 0.277 e. The average Bonchev–Trinajstić information content (AvgIpc) is 2.67. The molecule has 0 aliphatic carbocycles. The van der Waals surface area contributed by atoms with E-state index in [-0.39, 0.29) is 15.9 Å². The Bertz CT molecular complexity index is 572. The summed E-state index contributed by atoms with van der Waals surface area (Å²) in [6, 6.07) is 3.02. The van der Waals surface area contributed by atoms with Crippen LogP contribution in [-0.2, 0) is 0 Å². The molecule has 0 bridgehead atoms. The lowest BCUT2D eigenvalue weighted by Gasteiger charge is -2.02. The van der Waals surface area contributed by atoms with Crippen molar-refractivity contribution >= 4 is 45.8 Å². The third-order valence-electron chi connectivity index (χ3n) is 1.78. The van der Waals surface area contributed by atoms with E-state index < -0.39 is 5.91 Å². The molecule has 2 rings (SSSR count). The molecule has 0 radical (unpaired) electrons. The van der Waals surface area contributed by atoms with Crippen LogP contribution in [0, 0.1) is 6.92 Å². The SMILES string of the molecule is Cc1nsc(NC(=O)c2nc(Cl)ccc2Cl)n1. The number of nitrogens with zero attached hydrogens (tertiary/aromatic N) is 3. The topological polar surface area (TPSA) is 67.8 Å². The zero-order chi connectivity index (χ0) is 12.4. The molecule has 17 heavy (non-hydrogen) atoms. The number of halogens is 2. The van der Waals surface area contributed by atoms with Crippen LogP contribution in [-0.4, -0.2) is 20.2 Å². The number of amides is 1. The van der Waals surface area contributed by atoms with Gasteiger partial charge in [0, 0.05) is 11.5 Å². The lowest BCUT2D eigenvalue weighted by molar-refractivity contribution is 0.102. The van der Waals surface area contributed by atoms with Crippen LogP contribution in [0.3, 0.4) is 0 Å². The smallest absolute Gasteiger partial charge is 0.277 e. The number of nitrogens with one attached hydrogen (secondary N) is 1. The van der Waals surface area contributed by atoms with Gasteiger partial charge in [-0.05, 0) is 19.1 Å². The van der Waals surface area contributed by atoms with Crippen LogP contribution in [0.5, 0.6) is 0 Å². The number of aryl methyl sites for hydroxylation is 1. The summed E-state index contributed by atoms with van der Waals surface area (Å²) in [7, 11) is 0. The van der Waals surface area contributed by atoms with Crippen LogP contribution in [0.2, 0.25) is 10.2 Å². The molecule has 0 unspecified atom stereocenters. The Kier molecular flexibility index (Phi) is 3.56. The summed E-state index contributed by atoms with van der Waals surface area (Å²) in [5.41, 5.74) is 0.0621. The molecule has 0 atom stereocenters. The van der Waals surface area contributed by atoms with E-state index in [1.807, 2.05) is 0 Å². The first-order valence-corrected chi connectivity index (χ1v) is 6.03. The molecule has 0 fully saturated rings. The minimum absolute atomic E-state index is 0.0621. The first-order valence-electron chi connectivity index (χ1n) is 4.50. The second-order valence-electron chi connectivity index (χ2n) is 3.07. The van der Waals surface area contributed by atoms with Gasteiger partial charge in [0.2, 0.25) is 5.13 Å². The Labute approximate surface area is 111 Å². The molecule has 2 aromatic heterocycles. The Morgan fingerprint density at radius 3 is 2.76 bits per heavy atom. The minimum atomic E-state index is -0.464. The highest BCUT2D eigenvalue weighted by Crippen LogP contribution is 2.19. The van der Waals surface area contributed by atoms with Gasteiger partial charge in [-0.1, -0.05) is 23.2 Å². The molecule has 0 saturated carbocycles. The molecule has 8 heteroatoms. The third-order valence-corrected chi connectivity index (χ3v) is 3.01. The highest BCUT2D eigenvalue weighted by molar-refractivity contribution is 7.09. The van der Waals surface area contributed by atoms with Gasteiger partial charge >= 0.3 is 0 Å². The second-order valence-corrected chi connectivity index (χ2v) is 4.61. The van der Waals surface area contributed by atoms with E-state index in [1.54, 1.807) is 6.92 Å². The van der Waals surface area contributed by atoms with E-state index >= 15 is 0 Å². The standard InChI is InChI=1S/C9H6Cl2N4OS/c1-4-12-9(17-15-4)14-8(16)7-5(10)2-3-6(11)13-7/h2-3H,1H3,(H,12,14,15,16). The second kappa shape index (κ2) is 4.95. The van der Waals surface area contributed by atoms with Crippen molar-refractivity contribution in [2.75, 3.05) is 5.32 Å². The highest BCUT2D eigenvalue weighted by atomic mass is 35.5. The Morgan fingerprint density at radius 2 is 2.12 bits per heavy atom. The molecular weight excluding hydrogens is 283 g/mol. The molecule has 0 aliphatic rings. The maximum absolute atomic E-state index is 11.8. The molecule has 0 saturated heterocycles. The summed E-state index contributed by atoms with van der Waals surface area (Å²) in [5.74, 6) is 0.129. The van der Waals surface area contributed by atoms with E-state index in [9.17, 15) is 4.79 Å².